The maximum Gasteiger partial charge on any atom is 0.216 e. The van der Waals surface area contributed by atoms with Crippen LogP contribution in [0.3, 0.4) is 0 Å². The highest BCUT2D eigenvalue weighted by molar-refractivity contribution is 5.84. The first-order valence-electron chi connectivity index (χ1n) is 10.6. The topological polar surface area (TPSA) is 81.0 Å². The van der Waals surface area contributed by atoms with Crippen LogP contribution in [0.1, 0.15) is 30.0 Å². The van der Waals surface area contributed by atoms with Gasteiger partial charge in [0.2, 0.25) is 5.85 Å². The van der Waals surface area contributed by atoms with Crippen LogP contribution >= 0.6 is 0 Å². The third-order valence-electron chi connectivity index (χ3n) is 6.01. The zero-order chi connectivity index (χ0) is 23.2. The molecule has 3 aromatic heterocycles. The second kappa shape index (κ2) is 7.93. The number of pyridine rings is 2. The SMILES string of the molecule is COC1(C)Nc2c(F)cc(-c3c(C)nnn3C)cc2N1C(c1ccccn1)c1ccccn1. The number of nitrogens with zero attached hydrogens (tertiary/aromatic N) is 6. The van der Waals surface area contributed by atoms with E-state index in [1.165, 1.54) is 6.07 Å². The van der Waals surface area contributed by atoms with Crippen molar-refractivity contribution in [2.75, 3.05) is 17.3 Å². The fourth-order valence-electron chi connectivity index (χ4n) is 4.45. The summed E-state index contributed by atoms with van der Waals surface area (Å²) in [5, 5.41) is 11.4. The van der Waals surface area contributed by atoms with E-state index in [2.05, 4.69) is 25.6 Å². The van der Waals surface area contributed by atoms with Gasteiger partial charge in [-0.05, 0) is 43.3 Å². The van der Waals surface area contributed by atoms with Crippen LogP contribution in [0.15, 0.2) is 60.9 Å². The summed E-state index contributed by atoms with van der Waals surface area (Å²) in [7, 11) is 3.38. The second-order valence-corrected chi connectivity index (χ2v) is 8.09. The average molecular weight is 446 g/mol. The largest absolute Gasteiger partial charge is 0.342 e. The lowest BCUT2D eigenvalue weighted by atomic mass is 10.0. The molecule has 1 N–H and O–H groups in total. The molecular formula is C24H24FN7O. The Morgan fingerprint density at radius 1 is 1.06 bits per heavy atom. The number of fused-ring (bicyclic) bond motifs is 1. The molecule has 4 aromatic rings. The maximum absolute atomic E-state index is 15.5. The molecule has 1 aromatic carbocycles. The standard InChI is InChI=1S/C24H24FN7O/c1-15-22(31(3)30-29-15)16-13-17(25)21-20(14-16)32(24(2,28-21)33-4)23(18-9-5-7-11-26-18)19-10-6-8-12-27-19/h5-14,23,28H,1-4H3. The highest BCUT2D eigenvalue weighted by Crippen LogP contribution is 2.49. The number of ether oxygens (including phenoxy) is 1. The number of aryl methyl sites for hydroxylation is 2. The van der Waals surface area contributed by atoms with E-state index in [9.17, 15) is 0 Å². The van der Waals surface area contributed by atoms with Crippen molar-refractivity contribution in [3.05, 3.63) is 83.8 Å². The van der Waals surface area contributed by atoms with Crippen molar-refractivity contribution in [3.8, 4) is 11.3 Å². The molecule has 0 bridgehead atoms. The number of rotatable bonds is 5. The highest BCUT2D eigenvalue weighted by atomic mass is 19.1. The van der Waals surface area contributed by atoms with Gasteiger partial charge >= 0.3 is 0 Å². The number of aromatic nitrogens is 5. The smallest absolute Gasteiger partial charge is 0.216 e. The Morgan fingerprint density at radius 3 is 2.24 bits per heavy atom. The molecule has 0 spiro atoms. The Hall–Kier alpha value is -3.85. The maximum atomic E-state index is 15.5. The fourth-order valence-corrected chi connectivity index (χ4v) is 4.45. The van der Waals surface area contributed by atoms with Crippen molar-refractivity contribution in [3.63, 3.8) is 0 Å². The van der Waals surface area contributed by atoms with Gasteiger partial charge in [-0.15, -0.1) is 5.10 Å². The number of hydrogen-bond acceptors (Lipinski definition) is 7. The van der Waals surface area contributed by atoms with Gasteiger partial charge in [0.15, 0.2) is 0 Å². The lowest BCUT2D eigenvalue weighted by molar-refractivity contribution is 0.0279. The summed E-state index contributed by atoms with van der Waals surface area (Å²) in [4.78, 5) is 11.2. The molecule has 1 aliphatic rings. The molecule has 0 radical (unpaired) electrons. The van der Waals surface area contributed by atoms with Gasteiger partial charge in [0.1, 0.15) is 11.9 Å². The predicted molar refractivity (Wildman–Crippen MR) is 123 cm³/mol. The van der Waals surface area contributed by atoms with Gasteiger partial charge in [0, 0.05) is 39.0 Å². The molecular weight excluding hydrogens is 421 g/mol. The fraction of sp³-hybridized carbons (Fsp3) is 0.250. The van der Waals surface area contributed by atoms with Crippen LogP contribution in [0.2, 0.25) is 0 Å². The molecule has 168 valence electrons. The van der Waals surface area contributed by atoms with Crippen molar-refractivity contribution in [1.29, 1.82) is 0 Å². The van der Waals surface area contributed by atoms with Crippen LogP contribution in [0.25, 0.3) is 11.3 Å². The van der Waals surface area contributed by atoms with Gasteiger partial charge < -0.3 is 15.0 Å². The molecule has 1 aliphatic heterocycles. The van der Waals surface area contributed by atoms with Crippen LogP contribution in [-0.4, -0.2) is 37.9 Å². The van der Waals surface area contributed by atoms with Crippen molar-refractivity contribution in [2.24, 2.45) is 7.05 Å². The Bertz CT molecular complexity index is 1240. The zero-order valence-corrected chi connectivity index (χ0v) is 18.8. The predicted octanol–water partition coefficient (Wildman–Crippen LogP) is 4.06. The molecule has 0 saturated carbocycles. The third kappa shape index (κ3) is 3.41. The molecule has 1 unspecified atom stereocenters. The Morgan fingerprint density at radius 2 is 1.73 bits per heavy atom. The van der Waals surface area contributed by atoms with Gasteiger partial charge in [-0.3, -0.25) is 9.97 Å². The summed E-state index contributed by atoms with van der Waals surface area (Å²) in [5.41, 5.74) is 4.65. The van der Waals surface area contributed by atoms with Crippen LogP contribution in [0.5, 0.6) is 0 Å². The first-order chi connectivity index (χ1) is 15.9. The number of hydrogen-bond donors (Lipinski definition) is 1. The molecule has 4 heterocycles. The van der Waals surface area contributed by atoms with Gasteiger partial charge in [0.25, 0.3) is 0 Å². The van der Waals surface area contributed by atoms with Gasteiger partial charge in [-0.2, -0.15) is 0 Å². The molecule has 0 aliphatic carbocycles. The lowest BCUT2D eigenvalue weighted by Gasteiger charge is -2.40. The van der Waals surface area contributed by atoms with Crippen molar-refractivity contribution in [1.82, 2.24) is 25.0 Å². The van der Waals surface area contributed by atoms with E-state index >= 15 is 4.39 Å². The van der Waals surface area contributed by atoms with Gasteiger partial charge in [-0.25, -0.2) is 9.07 Å². The third-order valence-corrected chi connectivity index (χ3v) is 6.01. The van der Waals surface area contributed by atoms with E-state index in [1.54, 1.807) is 31.2 Å². The molecule has 1 atom stereocenters. The number of halogens is 1. The normalized spacial score (nSPS) is 17.3. The monoisotopic (exact) mass is 445 g/mol. The first kappa shape index (κ1) is 21.0. The Balaban J connectivity index is 1.76. The van der Waals surface area contributed by atoms with Crippen molar-refractivity contribution >= 4 is 11.4 Å². The molecule has 0 fully saturated rings. The second-order valence-electron chi connectivity index (χ2n) is 8.09. The van der Waals surface area contributed by atoms with E-state index in [0.29, 0.717) is 16.9 Å². The summed E-state index contributed by atoms with van der Waals surface area (Å²) in [6.45, 7) is 3.72. The summed E-state index contributed by atoms with van der Waals surface area (Å²) in [6.07, 6.45) is 3.48. The minimum Gasteiger partial charge on any atom is -0.342 e. The van der Waals surface area contributed by atoms with Crippen LogP contribution < -0.4 is 10.2 Å². The molecule has 8 nitrogen and oxygen atoms in total. The van der Waals surface area contributed by atoms with Gasteiger partial charge in [0.05, 0.1) is 34.2 Å². The van der Waals surface area contributed by atoms with E-state index in [-0.39, 0.29) is 0 Å². The molecule has 5 rings (SSSR count). The molecule has 9 heteroatoms. The van der Waals surface area contributed by atoms with Crippen molar-refractivity contribution in [2.45, 2.75) is 25.7 Å². The number of methoxy groups -OCH3 is 1. The van der Waals surface area contributed by atoms with E-state index in [1.807, 2.05) is 61.2 Å². The molecule has 33 heavy (non-hydrogen) atoms. The minimum atomic E-state index is -1.05. The molecule has 0 amide bonds. The summed E-state index contributed by atoms with van der Waals surface area (Å²) in [6, 6.07) is 14.4. The number of nitrogens with one attached hydrogen (secondary N) is 1. The Kier molecular flexibility index (Phi) is 5.05. The molecule has 0 saturated heterocycles. The summed E-state index contributed by atoms with van der Waals surface area (Å²) in [5.74, 6) is -1.45. The average Bonchev–Trinajstić information content (AvgIpc) is 3.32. The minimum absolute atomic E-state index is 0.354. The van der Waals surface area contributed by atoms with Gasteiger partial charge in [-0.1, -0.05) is 17.3 Å². The lowest BCUT2D eigenvalue weighted by Crippen LogP contribution is -2.52. The van der Waals surface area contributed by atoms with Crippen LogP contribution in [0, 0.1) is 12.7 Å². The Labute approximate surface area is 191 Å². The van der Waals surface area contributed by atoms with E-state index in [0.717, 1.165) is 22.8 Å². The quantitative estimate of drug-likeness (QED) is 0.496. The summed E-state index contributed by atoms with van der Waals surface area (Å²) >= 11 is 0. The van der Waals surface area contributed by atoms with E-state index in [4.69, 9.17) is 4.74 Å². The highest BCUT2D eigenvalue weighted by Gasteiger charge is 2.47. The van der Waals surface area contributed by atoms with Crippen LogP contribution in [0.4, 0.5) is 15.8 Å². The summed E-state index contributed by atoms with van der Waals surface area (Å²) < 4.78 is 23.1. The van der Waals surface area contributed by atoms with Crippen molar-refractivity contribution < 1.29 is 9.13 Å². The number of anilines is 2. The number of benzene rings is 1. The first-order valence-corrected chi connectivity index (χ1v) is 10.6. The van der Waals surface area contributed by atoms with Crippen LogP contribution in [-0.2, 0) is 11.8 Å². The van der Waals surface area contributed by atoms with E-state index < -0.39 is 17.7 Å². The zero-order valence-electron chi connectivity index (χ0n) is 18.8.